The van der Waals surface area contributed by atoms with Gasteiger partial charge in [0.15, 0.2) is 18.5 Å². The second-order valence-corrected chi connectivity index (χ2v) is 15.0. The SMILES string of the molecule is Cc1ccc(S(=O)(=O)O[C@H]2[C@@H](OC(=O)c3ccccc3)[C@@H](OC(=O)c3ccccc3)[C@@H](O)O[C@H]2COC(c2ccccc2)(c2ccccc2)c2ccccc2)cc1. The van der Waals surface area contributed by atoms with Gasteiger partial charge in [0.1, 0.15) is 17.8 Å². The quantitative estimate of drug-likeness (QED) is 0.0726. The summed E-state index contributed by atoms with van der Waals surface area (Å²) in [5.74, 6) is -1.77. The Labute approximate surface area is 331 Å². The van der Waals surface area contributed by atoms with Gasteiger partial charge in [-0.3, -0.25) is 4.18 Å². The molecule has 0 radical (unpaired) electrons. The van der Waals surface area contributed by atoms with Crippen molar-refractivity contribution in [3.63, 3.8) is 0 Å². The topological polar surface area (TPSA) is 135 Å². The first-order chi connectivity index (χ1) is 27.7. The number of hydrogen-bond donors (Lipinski definition) is 1. The van der Waals surface area contributed by atoms with E-state index in [9.17, 15) is 23.1 Å². The number of aryl methyl sites for hydroxylation is 1. The van der Waals surface area contributed by atoms with Gasteiger partial charge in [-0.25, -0.2) is 9.59 Å². The summed E-state index contributed by atoms with van der Waals surface area (Å²) in [4.78, 5) is 27.1. The molecule has 0 unspecified atom stereocenters. The van der Waals surface area contributed by atoms with Gasteiger partial charge in [0.2, 0.25) is 0 Å². The van der Waals surface area contributed by atoms with E-state index in [-0.39, 0.29) is 16.0 Å². The maximum atomic E-state index is 14.1. The van der Waals surface area contributed by atoms with E-state index in [0.717, 1.165) is 22.3 Å². The van der Waals surface area contributed by atoms with Gasteiger partial charge < -0.3 is 24.1 Å². The van der Waals surface area contributed by atoms with Crippen molar-refractivity contribution in [1.29, 1.82) is 0 Å². The summed E-state index contributed by atoms with van der Waals surface area (Å²) < 4.78 is 59.2. The second kappa shape index (κ2) is 17.5. The van der Waals surface area contributed by atoms with E-state index in [1.807, 2.05) is 97.9 Å². The lowest BCUT2D eigenvalue weighted by Gasteiger charge is -2.44. The van der Waals surface area contributed by atoms with Gasteiger partial charge >= 0.3 is 11.9 Å². The van der Waals surface area contributed by atoms with E-state index in [1.165, 1.54) is 36.4 Å². The molecule has 10 nitrogen and oxygen atoms in total. The van der Waals surface area contributed by atoms with E-state index in [4.69, 9.17) is 23.1 Å². The highest BCUT2D eigenvalue weighted by Gasteiger charge is 2.53. The van der Waals surface area contributed by atoms with Crippen LogP contribution in [-0.2, 0) is 38.8 Å². The maximum absolute atomic E-state index is 14.1. The molecule has 1 fully saturated rings. The van der Waals surface area contributed by atoms with Gasteiger partial charge in [-0.2, -0.15) is 8.42 Å². The first-order valence-electron chi connectivity index (χ1n) is 18.3. The minimum atomic E-state index is -4.62. The molecule has 0 spiro atoms. The minimum Gasteiger partial charge on any atom is -0.452 e. The molecular formula is C46H40O10S. The molecule has 7 rings (SSSR count). The molecule has 1 aliphatic heterocycles. The molecule has 57 heavy (non-hydrogen) atoms. The molecule has 1 heterocycles. The van der Waals surface area contributed by atoms with Crippen molar-refractivity contribution >= 4 is 22.1 Å². The zero-order valence-electron chi connectivity index (χ0n) is 30.9. The molecule has 0 aliphatic carbocycles. The number of carbonyl (C=O) groups excluding carboxylic acids is 2. The molecule has 0 amide bonds. The Morgan fingerprint density at radius 2 is 0.982 bits per heavy atom. The number of aliphatic hydroxyl groups is 1. The van der Waals surface area contributed by atoms with Gasteiger partial charge in [0.05, 0.1) is 22.6 Å². The summed E-state index contributed by atoms with van der Waals surface area (Å²) in [5, 5.41) is 11.7. The summed E-state index contributed by atoms with van der Waals surface area (Å²) in [6, 6.07) is 50.4. The molecule has 6 aromatic carbocycles. The molecule has 0 aromatic heterocycles. The summed E-state index contributed by atoms with van der Waals surface area (Å²) in [7, 11) is -4.62. The number of benzene rings is 6. The minimum absolute atomic E-state index is 0.121. The molecule has 1 aliphatic rings. The highest BCUT2D eigenvalue weighted by Crippen LogP contribution is 2.42. The first kappa shape index (κ1) is 39.3. The molecule has 6 aromatic rings. The molecule has 290 valence electrons. The highest BCUT2D eigenvalue weighted by atomic mass is 32.2. The zero-order chi connectivity index (χ0) is 39.8. The second-order valence-electron chi connectivity index (χ2n) is 13.5. The first-order valence-corrected chi connectivity index (χ1v) is 19.7. The van der Waals surface area contributed by atoms with Crippen LogP contribution in [0.2, 0.25) is 0 Å². The molecular weight excluding hydrogens is 745 g/mol. The van der Waals surface area contributed by atoms with Crippen LogP contribution >= 0.6 is 0 Å². The third-order valence-corrected chi connectivity index (χ3v) is 11.0. The van der Waals surface area contributed by atoms with Gasteiger partial charge in [-0.05, 0) is 60.0 Å². The summed E-state index contributed by atoms with van der Waals surface area (Å²) in [6.45, 7) is 1.40. The van der Waals surface area contributed by atoms with Crippen molar-refractivity contribution < 1.29 is 46.2 Å². The van der Waals surface area contributed by atoms with Crippen LogP contribution in [0, 0.1) is 6.92 Å². The lowest BCUT2D eigenvalue weighted by Crippen LogP contribution is -2.62. The predicted octanol–water partition coefficient (Wildman–Crippen LogP) is 7.25. The van der Waals surface area contributed by atoms with Crippen molar-refractivity contribution in [3.8, 4) is 0 Å². The van der Waals surface area contributed by atoms with E-state index in [1.54, 1.807) is 48.5 Å². The summed E-state index contributed by atoms with van der Waals surface area (Å²) in [6.07, 6.45) is -8.57. The van der Waals surface area contributed by atoms with E-state index >= 15 is 0 Å². The third kappa shape index (κ3) is 8.73. The molecule has 11 heteroatoms. The average Bonchev–Trinajstić information content (AvgIpc) is 3.25. The molecule has 1 saturated heterocycles. The third-order valence-electron chi connectivity index (χ3n) is 9.67. The van der Waals surface area contributed by atoms with Gasteiger partial charge in [-0.1, -0.05) is 145 Å². The number of rotatable bonds is 13. The molecule has 5 atom stereocenters. The van der Waals surface area contributed by atoms with Crippen LogP contribution in [0.15, 0.2) is 181 Å². The fourth-order valence-electron chi connectivity index (χ4n) is 6.82. The summed E-state index contributed by atoms with van der Waals surface area (Å²) in [5.41, 5.74) is 1.99. The van der Waals surface area contributed by atoms with Gasteiger partial charge in [0.25, 0.3) is 10.1 Å². The Hall–Kier alpha value is -5.95. The number of hydrogen-bond acceptors (Lipinski definition) is 10. The predicted molar refractivity (Wildman–Crippen MR) is 211 cm³/mol. The molecule has 1 N–H and O–H groups in total. The van der Waals surface area contributed by atoms with Crippen LogP contribution in [0.4, 0.5) is 0 Å². The van der Waals surface area contributed by atoms with Gasteiger partial charge in [0, 0.05) is 0 Å². The Morgan fingerprint density at radius 3 is 1.42 bits per heavy atom. The van der Waals surface area contributed by atoms with Crippen LogP contribution in [0.5, 0.6) is 0 Å². The maximum Gasteiger partial charge on any atom is 0.338 e. The van der Waals surface area contributed by atoms with Crippen molar-refractivity contribution in [2.45, 2.75) is 48.1 Å². The van der Waals surface area contributed by atoms with Crippen molar-refractivity contribution in [2.75, 3.05) is 6.61 Å². The van der Waals surface area contributed by atoms with E-state index in [2.05, 4.69) is 0 Å². The summed E-state index contributed by atoms with van der Waals surface area (Å²) >= 11 is 0. The smallest absolute Gasteiger partial charge is 0.338 e. The molecule has 0 saturated carbocycles. The van der Waals surface area contributed by atoms with Crippen LogP contribution < -0.4 is 0 Å². The van der Waals surface area contributed by atoms with E-state index < -0.39 is 65.0 Å². The van der Waals surface area contributed by atoms with Gasteiger partial charge in [-0.15, -0.1) is 0 Å². The Kier molecular flexibility index (Phi) is 12.0. The van der Waals surface area contributed by atoms with Crippen molar-refractivity contribution in [3.05, 3.63) is 209 Å². The van der Waals surface area contributed by atoms with Crippen LogP contribution in [-0.4, -0.2) is 62.8 Å². The number of ether oxygens (including phenoxy) is 4. The highest BCUT2D eigenvalue weighted by molar-refractivity contribution is 7.86. The average molecular weight is 785 g/mol. The number of esters is 2. The Morgan fingerprint density at radius 1 is 0.579 bits per heavy atom. The zero-order valence-corrected chi connectivity index (χ0v) is 31.7. The number of aliphatic hydroxyl groups excluding tert-OH is 1. The lowest BCUT2D eigenvalue weighted by molar-refractivity contribution is -0.285. The fourth-order valence-corrected chi connectivity index (χ4v) is 7.93. The van der Waals surface area contributed by atoms with Crippen molar-refractivity contribution in [1.82, 2.24) is 0 Å². The number of carbonyl (C=O) groups is 2. The Balaban J connectivity index is 1.34. The van der Waals surface area contributed by atoms with Crippen molar-refractivity contribution in [2.24, 2.45) is 0 Å². The normalized spacial score (nSPS) is 19.6. The lowest BCUT2D eigenvalue weighted by atomic mass is 9.80. The van der Waals surface area contributed by atoms with E-state index in [0.29, 0.717) is 0 Å². The molecule has 0 bridgehead atoms. The standard InChI is InChI=1S/C46H40O10S/c1-32-27-29-38(30-28-32)57(50,51)56-40-39(31-52-46(35-21-11-4-12-22-35,36-23-13-5-14-24-36)37-25-15-6-16-26-37)53-45(49)42(55-44(48)34-19-9-3-10-20-34)41(40)54-43(47)33-17-7-2-8-18-33/h2-30,39-42,45,49H,31H2,1H3/t39-,40+,41+,42+,45-/m0/s1. The fraction of sp³-hybridized carbons (Fsp3) is 0.174. The van der Waals surface area contributed by atoms with Crippen LogP contribution in [0.25, 0.3) is 0 Å². The monoisotopic (exact) mass is 784 g/mol. The van der Waals surface area contributed by atoms with Crippen LogP contribution in [0.3, 0.4) is 0 Å². The largest absolute Gasteiger partial charge is 0.452 e. The Bertz CT molecular complexity index is 2250. The van der Waals surface area contributed by atoms with Crippen LogP contribution in [0.1, 0.15) is 43.0 Å².